The zero-order chi connectivity index (χ0) is 17.7. The number of ether oxygens (including phenoxy) is 2. The quantitative estimate of drug-likeness (QED) is 0.835. The van der Waals surface area contributed by atoms with E-state index in [2.05, 4.69) is 12.2 Å². The Balaban J connectivity index is 1.99. The fourth-order valence-corrected chi connectivity index (χ4v) is 2.90. The summed E-state index contributed by atoms with van der Waals surface area (Å²) in [5, 5.41) is 12.3. The van der Waals surface area contributed by atoms with Gasteiger partial charge in [0.2, 0.25) is 0 Å². The molecule has 0 aromatic heterocycles. The maximum Gasteiger partial charge on any atom is 0.329 e. The molecular weight excluding hydrogens is 310 g/mol. The number of hydrogen-bond donors (Lipinski definition) is 2. The van der Waals surface area contributed by atoms with Gasteiger partial charge in [-0.1, -0.05) is 6.92 Å². The lowest BCUT2D eigenvalue weighted by atomic mass is 9.77. The molecule has 1 aliphatic carbocycles. The van der Waals surface area contributed by atoms with E-state index in [1.54, 1.807) is 38.3 Å². The van der Waals surface area contributed by atoms with E-state index in [1.807, 2.05) is 0 Å². The minimum atomic E-state index is -1.18. The summed E-state index contributed by atoms with van der Waals surface area (Å²) < 4.78 is 10.7. The Morgan fingerprint density at radius 2 is 1.75 bits per heavy atom. The molecule has 1 amide bonds. The Kier molecular flexibility index (Phi) is 5.70. The molecule has 0 radical (unpaired) electrons. The molecule has 1 aromatic rings. The summed E-state index contributed by atoms with van der Waals surface area (Å²) in [4.78, 5) is 24.1. The van der Waals surface area contributed by atoms with E-state index in [0.717, 1.165) is 12.8 Å². The van der Waals surface area contributed by atoms with E-state index in [9.17, 15) is 14.7 Å². The van der Waals surface area contributed by atoms with Gasteiger partial charge in [-0.2, -0.15) is 0 Å². The highest BCUT2D eigenvalue weighted by atomic mass is 16.5. The van der Waals surface area contributed by atoms with Crippen LogP contribution >= 0.6 is 0 Å². The lowest BCUT2D eigenvalue weighted by Gasteiger charge is -2.37. The SMILES string of the molecule is COc1ccc(OC(C)C(=O)NC2(C(=O)O)CCC(C)CC2)cc1. The van der Waals surface area contributed by atoms with Crippen molar-refractivity contribution >= 4 is 11.9 Å². The number of carboxylic acid groups (broad SMARTS) is 1. The minimum absolute atomic E-state index is 0.414. The van der Waals surface area contributed by atoms with Gasteiger partial charge < -0.3 is 19.9 Å². The molecule has 24 heavy (non-hydrogen) atoms. The first-order chi connectivity index (χ1) is 11.4. The zero-order valence-electron chi connectivity index (χ0n) is 14.4. The molecule has 0 aliphatic heterocycles. The topological polar surface area (TPSA) is 84.9 Å². The Morgan fingerprint density at radius 1 is 1.21 bits per heavy atom. The Morgan fingerprint density at radius 3 is 2.25 bits per heavy atom. The van der Waals surface area contributed by atoms with Crippen LogP contribution in [0.5, 0.6) is 11.5 Å². The number of benzene rings is 1. The van der Waals surface area contributed by atoms with E-state index in [0.29, 0.717) is 30.3 Å². The summed E-state index contributed by atoms with van der Waals surface area (Å²) in [6, 6.07) is 6.89. The van der Waals surface area contributed by atoms with E-state index in [-0.39, 0.29) is 0 Å². The van der Waals surface area contributed by atoms with Gasteiger partial charge in [-0.05, 0) is 62.8 Å². The summed E-state index contributed by atoms with van der Waals surface area (Å²) in [6.07, 6.45) is 1.70. The number of carboxylic acids is 1. The maximum atomic E-state index is 12.4. The number of nitrogens with one attached hydrogen (secondary N) is 1. The van der Waals surface area contributed by atoms with E-state index < -0.39 is 23.5 Å². The van der Waals surface area contributed by atoms with Gasteiger partial charge in [0.25, 0.3) is 5.91 Å². The average Bonchev–Trinajstić information content (AvgIpc) is 2.57. The number of carbonyl (C=O) groups excluding carboxylic acids is 1. The highest BCUT2D eigenvalue weighted by Crippen LogP contribution is 2.32. The van der Waals surface area contributed by atoms with Crippen LogP contribution in [0.3, 0.4) is 0 Å². The molecule has 6 nitrogen and oxygen atoms in total. The standard InChI is InChI=1S/C18H25NO5/c1-12-8-10-18(11-9-12,17(21)22)19-16(20)13(2)24-15-6-4-14(23-3)5-7-15/h4-7,12-13H,8-11H2,1-3H3,(H,19,20)(H,21,22). The molecule has 1 unspecified atom stereocenters. The molecule has 0 saturated heterocycles. The van der Waals surface area contributed by atoms with Crippen LogP contribution < -0.4 is 14.8 Å². The van der Waals surface area contributed by atoms with Crippen LogP contribution in [0.25, 0.3) is 0 Å². The van der Waals surface area contributed by atoms with Gasteiger partial charge in [-0.25, -0.2) is 4.79 Å². The molecule has 2 rings (SSSR count). The van der Waals surface area contributed by atoms with Crippen molar-refractivity contribution in [1.82, 2.24) is 5.32 Å². The van der Waals surface area contributed by atoms with Gasteiger partial charge in [-0.15, -0.1) is 0 Å². The number of carbonyl (C=O) groups is 2. The monoisotopic (exact) mass is 335 g/mol. The van der Waals surface area contributed by atoms with Crippen molar-refractivity contribution in [3.8, 4) is 11.5 Å². The lowest BCUT2D eigenvalue weighted by molar-refractivity contribution is -0.150. The van der Waals surface area contributed by atoms with Crippen molar-refractivity contribution in [2.24, 2.45) is 5.92 Å². The Bertz CT molecular complexity index is 576. The molecule has 1 aromatic carbocycles. The molecular formula is C18H25NO5. The second-order valence-electron chi connectivity index (χ2n) is 6.49. The lowest BCUT2D eigenvalue weighted by Crippen LogP contribution is -2.58. The third-order valence-electron chi connectivity index (χ3n) is 4.64. The third kappa shape index (κ3) is 4.19. The first-order valence-corrected chi connectivity index (χ1v) is 8.22. The van der Waals surface area contributed by atoms with Crippen molar-refractivity contribution in [2.75, 3.05) is 7.11 Å². The normalized spacial score (nSPS) is 24.7. The molecule has 132 valence electrons. The van der Waals surface area contributed by atoms with E-state index in [1.165, 1.54) is 0 Å². The van der Waals surface area contributed by atoms with Crippen LogP contribution in [0.1, 0.15) is 39.5 Å². The molecule has 1 aliphatic rings. The van der Waals surface area contributed by atoms with Gasteiger partial charge >= 0.3 is 5.97 Å². The number of aliphatic carboxylic acids is 1. The molecule has 0 spiro atoms. The fraction of sp³-hybridized carbons (Fsp3) is 0.556. The van der Waals surface area contributed by atoms with Crippen molar-refractivity contribution in [3.63, 3.8) is 0 Å². The molecule has 0 bridgehead atoms. The largest absolute Gasteiger partial charge is 0.497 e. The van der Waals surface area contributed by atoms with Gasteiger partial charge in [0.1, 0.15) is 17.0 Å². The first-order valence-electron chi connectivity index (χ1n) is 8.22. The second-order valence-corrected chi connectivity index (χ2v) is 6.49. The maximum absolute atomic E-state index is 12.4. The van der Waals surface area contributed by atoms with Crippen molar-refractivity contribution in [3.05, 3.63) is 24.3 Å². The van der Waals surface area contributed by atoms with Gasteiger partial charge in [0, 0.05) is 0 Å². The molecule has 1 fully saturated rings. The fourth-order valence-electron chi connectivity index (χ4n) is 2.90. The second kappa shape index (κ2) is 7.55. The Labute approximate surface area is 142 Å². The number of rotatable bonds is 6. The van der Waals surface area contributed by atoms with E-state index in [4.69, 9.17) is 9.47 Å². The molecule has 1 atom stereocenters. The minimum Gasteiger partial charge on any atom is -0.497 e. The number of amides is 1. The van der Waals surface area contributed by atoms with Gasteiger partial charge in [0.15, 0.2) is 6.10 Å². The number of hydrogen-bond acceptors (Lipinski definition) is 4. The van der Waals surface area contributed by atoms with Gasteiger partial charge in [0.05, 0.1) is 7.11 Å². The van der Waals surface area contributed by atoms with Crippen molar-refractivity contribution < 1.29 is 24.2 Å². The predicted octanol–water partition coefficient (Wildman–Crippen LogP) is 2.61. The molecule has 2 N–H and O–H groups in total. The van der Waals surface area contributed by atoms with Crippen LogP contribution in [0.15, 0.2) is 24.3 Å². The summed E-state index contributed by atoms with van der Waals surface area (Å²) in [5.41, 5.74) is -1.18. The average molecular weight is 335 g/mol. The third-order valence-corrected chi connectivity index (χ3v) is 4.64. The Hall–Kier alpha value is -2.24. The number of methoxy groups -OCH3 is 1. The summed E-state index contributed by atoms with van der Waals surface area (Å²) in [6.45, 7) is 3.71. The highest BCUT2D eigenvalue weighted by molar-refractivity contribution is 5.89. The van der Waals surface area contributed by atoms with E-state index >= 15 is 0 Å². The van der Waals surface area contributed by atoms with Crippen molar-refractivity contribution in [2.45, 2.75) is 51.2 Å². The smallest absolute Gasteiger partial charge is 0.329 e. The van der Waals surface area contributed by atoms with Crippen LogP contribution in [0.4, 0.5) is 0 Å². The summed E-state index contributed by atoms with van der Waals surface area (Å²) >= 11 is 0. The molecule has 1 saturated carbocycles. The summed E-state index contributed by atoms with van der Waals surface area (Å²) in [5.74, 6) is 0.324. The molecule has 6 heteroatoms. The zero-order valence-corrected chi connectivity index (χ0v) is 14.4. The van der Waals surface area contributed by atoms with Crippen molar-refractivity contribution in [1.29, 1.82) is 0 Å². The summed E-state index contributed by atoms with van der Waals surface area (Å²) in [7, 11) is 1.57. The van der Waals surface area contributed by atoms with Crippen LogP contribution in [-0.4, -0.2) is 35.7 Å². The van der Waals surface area contributed by atoms with Crippen LogP contribution in [0, 0.1) is 5.92 Å². The van der Waals surface area contributed by atoms with Crippen LogP contribution in [-0.2, 0) is 9.59 Å². The highest BCUT2D eigenvalue weighted by Gasteiger charge is 2.43. The van der Waals surface area contributed by atoms with Crippen LogP contribution in [0.2, 0.25) is 0 Å². The van der Waals surface area contributed by atoms with Gasteiger partial charge in [-0.3, -0.25) is 4.79 Å². The molecule has 0 heterocycles. The first kappa shape index (κ1) is 18.1. The predicted molar refractivity (Wildman–Crippen MR) is 89.2 cm³/mol.